The van der Waals surface area contributed by atoms with Crippen LogP contribution >= 0.6 is 22.9 Å². The van der Waals surface area contributed by atoms with E-state index in [1.807, 2.05) is 0 Å². The van der Waals surface area contributed by atoms with Crippen molar-refractivity contribution in [2.75, 3.05) is 13.2 Å². The summed E-state index contributed by atoms with van der Waals surface area (Å²) in [5.41, 5.74) is 0. The predicted molar refractivity (Wildman–Crippen MR) is 58.4 cm³/mol. The monoisotopic (exact) mass is 246 g/mol. The molecule has 1 N–H and O–H groups in total. The Hall–Kier alpha value is -0.650. The largest absolute Gasteiger partial charge is 0.381 e. The number of carbonyl (C=O) groups is 1. The average Bonchev–Trinajstić information content (AvgIpc) is 2.66. The third kappa shape index (κ3) is 2.90. The number of aromatic nitrogens is 1. The van der Waals surface area contributed by atoms with Gasteiger partial charge < -0.3 is 10.1 Å². The zero-order valence-corrected chi connectivity index (χ0v) is 9.61. The highest BCUT2D eigenvalue weighted by atomic mass is 35.5. The van der Waals surface area contributed by atoms with Crippen LogP contribution in [0.2, 0.25) is 4.47 Å². The lowest BCUT2D eigenvalue weighted by atomic mass is 10.1. The van der Waals surface area contributed by atoms with Gasteiger partial charge in [-0.1, -0.05) is 22.9 Å². The molecule has 0 aliphatic carbocycles. The number of hydrogen-bond donors (Lipinski definition) is 1. The minimum atomic E-state index is -0.0914. The van der Waals surface area contributed by atoms with Crippen molar-refractivity contribution in [3.05, 3.63) is 15.5 Å². The highest BCUT2D eigenvalue weighted by molar-refractivity contribution is 7.17. The smallest absolute Gasteiger partial charge is 0.263 e. The molecule has 6 heteroatoms. The van der Waals surface area contributed by atoms with Crippen LogP contribution in [0, 0.1) is 0 Å². The second-order valence-electron chi connectivity index (χ2n) is 3.34. The maximum atomic E-state index is 11.7. The summed E-state index contributed by atoms with van der Waals surface area (Å²) in [4.78, 5) is 16.1. The fraction of sp³-hybridized carbons (Fsp3) is 0.556. The molecule has 1 aliphatic heterocycles. The molecule has 1 aromatic heterocycles. The SMILES string of the molecule is O=C(NC1CCOCC1)c1cnc(Cl)s1. The lowest BCUT2D eigenvalue weighted by molar-refractivity contribution is 0.0698. The van der Waals surface area contributed by atoms with E-state index in [2.05, 4.69) is 10.3 Å². The second-order valence-corrected chi connectivity index (χ2v) is 4.95. The van der Waals surface area contributed by atoms with Gasteiger partial charge in [0.15, 0.2) is 4.47 Å². The predicted octanol–water partition coefficient (Wildman–Crippen LogP) is 1.71. The molecule has 2 heterocycles. The van der Waals surface area contributed by atoms with Gasteiger partial charge in [-0.05, 0) is 12.8 Å². The van der Waals surface area contributed by atoms with Gasteiger partial charge in [-0.2, -0.15) is 0 Å². The summed E-state index contributed by atoms with van der Waals surface area (Å²) < 4.78 is 5.60. The third-order valence-corrected chi connectivity index (χ3v) is 3.37. The van der Waals surface area contributed by atoms with Crippen LogP contribution in [0.5, 0.6) is 0 Å². The van der Waals surface area contributed by atoms with Crippen LogP contribution in [0.15, 0.2) is 6.20 Å². The molecule has 1 aromatic rings. The van der Waals surface area contributed by atoms with Gasteiger partial charge >= 0.3 is 0 Å². The highest BCUT2D eigenvalue weighted by Crippen LogP contribution is 2.18. The van der Waals surface area contributed by atoms with Gasteiger partial charge in [-0.3, -0.25) is 4.79 Å². The fourth-order valence-corrected chi connectivity index (χ4v) is 2.30. The molecule has 15 heavy (non-hydrogen) atoms. The van der Waals surface area contributed by atoms with E-state index in [0.717, 1.165) is 12.8 Å². The summed E-state index contributed by atoms with van der Waals surface area (Å²) in [5.74, 6) is -0.0914. The number of carbonyl (C=O) groups excluding carboxylic acids is 1. The third-order valence-electron chi connectivity index (χ3n) is 2.26. The highest BCUT2D eigenvalue weighted by Gasteiger charge is 2.18. The summed E-state index contributed by atoms with van der Waals surface area (Å²) >= 11 is 6.85. The first-order valence-corrected chi connectivity index (χ1v) is 5.95. The zero-order chi connectivity index (χ0) is 10.7. The topological polar surface area (TPSA) is 51.2 Å². The second kappa shape index (κ2) is 4.92. The van der Waals surface area contributed by atoms with Crippen LogP contribution < -0.4 is 5.32 Å². The van der Waals surface area contributed by atoms with E-state index in [4.69, 9.17) is 16.3 Å². The molecule has 0 saturated carbocycles. The lowest BCUT2D eigenvalue weighted by Gasteiger charge is -2.22. The van der Waals surface area contributed by atoms with E-state index in [0.29, 0.717) is 22.6 Å². The van der Waals surface area contributed by atoms with Crippen LogP contribution in [0.25, 0.3) is 0 Å². The average molecular weight is 247 g/mol. The zero-order valence-electron chi connectivity index (χ0n) is 8.03. The molecule has 1 aliphatic rings. The fourth-order valence-electron chi connectivity index (χ4n) is 1.46. The number of nitrogens with zero attached hydrogens (tertiary/aromatic N) is 1. The minimum absolute atomic E-state index is 0.0914. The summed E-state index contributed by atoms with van der Waals surface area (Å²) in [5, 5.41) is 2.94. The Labute approximate surface area is 96.6 Å². The number of ether oxygens (including phenoxy) is 1. The number of hydrogen-bond acceptors (Lipinski definition) is 4. The minimum Gasteiger partial charge on any atom is -0.381 e. The molecule has 1 fully saturated rings. The Kier molecular flexibility index (Phi) is 3.56. The maximum Gasteiger partial charge on any atom is 0.263 e. The molecule has 0 radical (unpaired) electrons. The van der Waals surface area contributed by atoms with Crippen LogP contribution in [0.4, 0.5) is 0 Å². The molecule has 4 nitrogen and oxygen atoms in total. The van der Waals surface area contributed by atoms with E-state index < -0.39 is 0 Å². The van der Waals surface area contributed by atoms with Crippen LogP contribution in [0.3, 0.4) is 0 Å². The molecular formula is C9H11ClN2O2S. The number of nitrogens with one attached hydrogen (secondary N) is 1. The molecule has 1 saturated heterocycles. The summed E-state index contributed by atoms with van der Waals surface area (Å²) in [6.45, 7) is 1.43. The Balaban J connectivity index is 1.91. The molecule has 0 atom stereocenters. The van der Waals surface area contributed by atoms with Crippen LogP contribution in [0.1, 0.15) is 22.5 Å². The number of rotatable bonds is 2. The summed E-state index contributed by atoms with van der Waals surface area (Å²) in [7, 11) is 0. The van der Waals surface area contributed by atoms with Crippen molar-refractivity contribution < 1.29 is 9.53 Å². The summed E-state index contributed by atoms with van der Waals surface area (Å²) in [6, 6.07) is 0.215. The van der Waals surface area contributed by atoms with Crippen molar-refractivity contribution in [1.82, 2.24) is 10.3 Å². The molecule has 82 valence electrons. The van der Waals surface area contributed by atoms with Gasteiger partial charge in [-0.25, -0.2) is 4.98 Å². The van der Waals surface area contributed by atoms with E-state index in [-0.39, 0.29) is 11.9 Å². The van der Waals surface area contributed by atoms with Crippen LogP contribution in [-0.4, -0.2) is 30.1 Å². The standard InChI is InChI=1S/C9H11ClN2O2S/c10-9-11-5-7(15-9)8(13)12-6-1-3-14-4-2-6/h5-6H,1-4H2,(H,12,13). The van der Waals surface area contributed by atoms with E-state index in [9.17, 15) is 4.79 Å². The van der Waals surface area contributed by atoms with Gasteiger partial charge in [0.1, 0.15) is 4.88 Å². The normalized spacial score (nSPS) is 17.7. The van der Waals surface area contributed by atoms with Gasteiger partial charge in [0.05, 0.1) is 6.20 Å². The van der Waals surface area contributed by atoms with Crippen molar-refractivity contribution in [1.29, 1.82) is 0 Å². The van der Waals surface area contributed by atoms with Crippen LogP contribution in [-0.2, 0) is 4.74 Å². The maximum absolute atomic E-state index is 11.7. The Bertz CT molecular complexity index is 350. The molecule has 1 amide bonds. The van der Waals surface area contributed by atoms with Gasteiger partial charge in [0.2, 0.25) is 0 Å². The van der Waals surface area contributed by atoms with Gasteiger partial charge in [0, 0.05) is 19.3 Å². The quantitative estimate of drug-likeness (QED) is 0.864. The molecule has 0 bridgehead atoms. The molecule has 0 spiro atoms. The van der Waals surface area contributed by atoms with Crippen molar-refractivity contribution >= 4 is 28.8 Å². The summed E-state index contributed by atoms with van der Waals surface area (Å²) in [6.07, 6.45) is 3.25. The molecule has 2 rings (SSSR count). The first-order valence-electron chi connectivity index (χ1n) is 4.75. The molecule has 0 aromatic carbocycles. The first kappa shape index (κ1) is 10.9. The number of thiazole rings is 1. The van der Waals surface area contributed by atoms with Gasteiger partial charge in [-0.15, -0.1) is 0 Å². The molecule has 0 unspecified atom stereocenters. The van der Waals surface area contributed by atoms with Gasteiger partial charge in [0.25, 0.3) is 5.91 Å². The Morgan fingerprint density at radius 3 is 2.93 bits per heavy atom. The first-order chi connectivity index (χ1) is 7.25. The number of amides is 1. The number of halogens is 1. The van der Waals surface area contributed by atoms with E-state index in [1.54, 1.807) is 0 Å². The van der Waals surface area contributed by atoms with E-state index in [1.165, 1.54) is 17.5 Å². The van der Waals surface area contributed by atoms with Crippen molar-refractivity contribution in [2.24, 2.45) is 0 Å². The van der Waals surface area contributed by atoms with Crippen molar-refractivity contribution in [3.63, 3.8) is 0 Å². The lowest BCUT2D eigenvalue weighted by Crippen LogP contribution is -2.38. The Morgan fingerprint density at radius 2 is 2.33 bits per heavy atom. The van der Waals surface area contributed by atoms with E-state index >= 15 is 0 Å². The van der Waals surface area contributed by atoms with Crippen molar-refractivity contribution in [3.8, 4) is 0 Å². The Morgan fingerprint density at radius 1 is 1.60 bits per heavy atom. The molecular weight excluding hydrogens is 236 g/mol. The van der Waals surface area contributed by atoms with Crippen molar-refractivity contribution in [2.45, 2.75) is 18.9 Å².